The zero-order valence-electron chi connectivity index (χ0n) is 10.3. The summed E-state index contributed by atoms with van der Waals surface area (Å²) in [6, 6.07) is 1.51. The van der Waals surface area contributed by atoms with Crippen molar-refractivity contribution in [2.75, 3.05) is 5.32 Å². The second-order valence-corrected chi connectivity index (χ2v) is 5.10. The van der Waals surface area contributed by atoms with Crippen LogP contribution >= 0.6 is 11.3 Å². The number of nitrogens with zero attached hydrogens (tertiary/aromatic N) is 2. The summed E-state index contributed by atoms with van der Waals surface area (Å²) in [6.07, 6.45) is 2.72. The van der Waals surface area contributed by atoms with Crippen molar-refractivity contribution in [1.82, 2.24) is 10.2 Å². The molecule has 0 atom stereocenters. The fraction of sp³-hybridized carbons (Fsp3) is 0.167. The lowest BCUT2D eigenvalue weighted by molar-refractivity contribution is 0.0697. The molecular weight excluding hydrogens is 266 g/mol. The number of amides is 1. The summed E-state index contributed by atoms with van der Waals surface area (Å²) in [5.74, 6) is -1.45. The molecule has 0 bridgehead atoms. The maximum absolute atomic E-state index is 11.9. The Hall–Kier alpha value is -2.28. The fourth-order valence-electron chi connectivity index (χ4n) is 1.57. The Morgan fingerprint density at radius 3 is 2.63 bits per heavy atom. The molecule has 0 saturated heterocycles. The molecule has 0 spiro atoms. The van der Waals surface area contributed by atoms with Crippen molar-refractivity contribution >= 4 is 28.2 Å². The van der Waals surface area contributed by atoms with Gasteiger partial charge >= 0.3 is 5.97 Å². The van der Waals surface area contributed by atoms with Crippen LogP contribution in [0.2, 0.25) is 0 Å². The molecule has 98 valence electrons. The highest BCUT2D eigenvalue weighted by molar-refractivity contribution is 7.16. The van der Waals surface area contributed by atoms with E-state index in [0.29, 0.717) is 16.1 Å². The number of thiophene rings is 1. The van der Waals surface area contributed by atoms with Crippen LogP contribution in [0.15, 0.2) is 18.5 Å². The number of anilines is 1. The van der Waals surface area contributed by atoms with Crippen LogP contribution in [0.1, 0.15) is 31.2 Å². The molecule has 7 heteroatoms. The maximum atomic E-state index is 11.9. The molecular formula is C12H11N3O3S. The van der Waals surface area contributed by atoms with E-state index in [0.717, 1.165) is 4.88 Å². The van der Waals surface area contributed by atoms with E-state index in [9.17, 15) is 14.7 Å². The second-order valence-electron chi connectivity index (χ2n) is 3.88. The highest BCUT2D eigenvalue weighted by atomic mass is 32.1. The van der Waals surface area contributed by atoms with Gasteiger partial charge in [0.25, 0.3) is 5.91 Å². The lowest BCUT2D eigenvalue weighted by Gasteiger charge is -2.03. The van der Waals surface area contributed by atoms with Crippen LogP contribution in [0.4, 0.5) is 5.00 Å². The molecule has 1 amide bonds. The maximum Gasteiger partial charge on any atom is 0.338 e. The minimum Gasteiger partial charge on any atom is -0.478 e. The first kappa shape index (κ1) is 13.2. The van der Waals surface area contributed by atoms with Gasteiger partial charge in [0, 0.05) is 4.88 Å². The topological polar surface area (TPSA) is 92.2 Å². The van der Waals surface area contributed by atoms with E-state index in [4.69, 9.17) is 0 Å². The van der Waals surface area contributed by atoms with E-state index in [-0.39, 0.29) is 5.56 Å². The largest absolute Gasteiger partial charge is 0.478 e. The van der Waals surface area contributed by atoms with Crippen molar-refractivity contribution in [3.8, 4) is 0 Å². The molecule has 2 N–H and O–H groups in total. The Kier molecular flexibility index (Phi) is 3.57. The van der Waals surface area contributed by atoms with E-state index in [1.165, 1.54) is 29.8 Å². The normalized spacial score (nSPS) is 10.2. The average molecular weight is 277 g/mol. The number of carboxylic acid groups (broad SMARTS) is 1. The van der Waals surface area contributed by atoms with E-state index >= 15 is 0 Å². The molecule has 2 aromatic heterocycles. The van der Waals surface area contributed by atoms with Gasteiger partial charge in [0.05, 0.1) is 23.5 Å². The number of aryl methyl sites for hydroxylation is 1. The molecule has 6 nitrogen and oxygen atoms in total. The third-order valence-corrected chi connectivity index (χ3v) is 3.80. The smallest absolute Gasteiger partial charge is 0.338 e. The lowest BCUT2D eigenvalue weighted by Crippen LogP contribution is -2.13. The molecule has 19 heavy (non-hydrogen) atoms. The number of rotatable bonds is 3. The van der Waals surface area contributed by atoms with Crippen LogP contribution in [0.3, 0.4) is 0 Å². The van der Waals surface area contributed by atoms with Crippen LogP contribution in [-0.4, -0.2) is 27.2 Å². The minimum absolute atomic E-state index is 0.137. The van der Waals surface area contributed by atoms with E-state index in [1.54, 1.807) is 6.92 Å². The van der Waals surface area contributed by atoms with Crippen molar-refractivity contribution in [1.29, 1.82) is 0 Å². The number of aromatic carboxylic acids is 1. The van der Waals surface area contributed by atoms with Crippen LogP contribution < -0.4 is 5.32 Å². The molecule has 0 aliphatic rings. The molecule has 0 aliphatic carbocycles. The number of nitrogens with one attached hydrogen (secondary N) is 1. The van der Waals surface area contributed by atoms with Crippen molar-refractivity contribution in [2.24, 2.45) is 0 Å². The standard InChI is InChI=1S/C12H11N3O3S/c1-6-7(2)19-11(9(6)12(17)18)15-10(16)8-3-4-13-14-5-8/h3-5H,1-2H3,(H,15,16)(H,17,18). The number of aromatic nitrogens is 2. The molecule has 2 heterocycles. The summed E-state index contributed by atoms with van der Waals surface area (Å²) in [7, 11) is 0. The Morgan fingerprint density at radius 1 is 1.32 bits per heavy atom. The summed E-state index contributed by atoms with van der Waals surface area (Å²) in [6.45, 7) is 3.54. The van der Waals surface area contributed by atoms with Gasteiger partial charge < -0.3 is 10.4 Å². The second kappa shape index (κ2) is 5.15. The van der Waals surface area contributed by atoms with Gasteiger partial charge in [0.15, 0.2) is 0 Å². The molecule has 0 saturated carbocycles. The summed E-state index contributed by atoms with van der Waals surface area (Å²) in [5.41, 5.74) is 1.13. The molecule has 2 aromatic rings. The SMILES string of the molecule is Cc1sc(NC(=O)c2ccnnc2)c(C(=O)O)c1C. The summed E-state index contributed by atoms with van der Waals surface area (Å²) in [4.78, 5) is 24.0. The first-order chi connectivity index (χ1) is 9.00. The van der Waals surface area contributed by atoms with Crippen LogP contribution in [0.25, 0.3) is 0 Å². The molecule has 2 rings (SSSR count). The molecule has 0 aliphatic heterocycles. The van der Waals surface area contributed by atoms with E-state index in [1.807, 2.05) is 6.92 Å². The van der Waals surface area contributed by atoms with Crippen LogP contribution in [0, 0.1) is 13.8 Å². The van der Waals surface area contributed by atoms with Gasteiger partial charge in [-0.1, -0.05) is 0 Å². The predicted molar refractivity (Wildman–Crippen MR) is 70.7 cm³/mol. The minimum atomic E-state index is -1.05. The van der Waals surface area contributed by atoms with Crippen molar-refractivity contribution in [3.63, 3.8) is 0 Å². The van der Waals surface area contributed by atoms with Gasteiger partial charge in [0.1, 0.15) is 5.00 Å². The summed E-state index contributed by atoms with van der Waals surface area (Å²) < 4.78 is 0. The molecule has 0 radical (unpaired) electrons. The van der Waals surface area contributed by atoms with Crippen molar-refractivity contribution in [2.45, 2.75) is 13.8 Å². The highest BCUT2D eigenvalue weighted by Gasteiger charge is 2.20. The number of carboxylic acids is 1. The quantitative estimate of drug-likeness (QED) is 0.896. The lowest BCUT2D eigenvalue weighted by atomic mass is 10.1. The number of hydrogen-bond acceptors (Lipinski definition) is 5. The molecule has 0 unspecified atom stereocenters. The average Bonchev–Trinajstić information content (AvgIpc) is 2.65. The Labute approximate surface area is 113 Å². The van der Waals surface area contributed by atoms with Crippen LogP contribution in [-0.2, 0) is 0 Å². The van der Waals surface area contributed by atoms with Crippen molar-refractivity contribution < 1.29 is 14.7 Å². The zero-order valence-corrected chi connectivity index (χ0v) is 11.1. The van der Waals surface area contributed by atoms with Gasteiger partial charge in [-0.15, -0.1) is 11.3 Å². The first-order valence-electron chi connectivity index (χ1n) is 5.42. The predicted octanol–water partition coefficient (Wildman–Crippen LogP) is 2.11. The Morgan fingerprint density at radius 2 is 2.05 bits per heavy atom. The zero-order chi connectivity index (χ0) is 14.0. The fourth-order valence-corrected chi connectivity index (χ4v) is 2.62. The summed E-state index contributed by atoms with van der Waals surface area (Å²) >= 11 is 1.24. The number of carbonyl (C=O) groups is 2. The third kappa shape index (κ3) is 2.60. The van der Waals surface area contributed by atoms with Gasteiger partial charge in [-0.05, 0) is 25.5 Å². The third-order valence-electron chi connectivity index (χ3n) is 2.67. The monoisotopic (exact) mass is 277 g/mol. The Bertz CT molecular complexity index is 637. The summed E-state index contributed by atoms with van der Waals surface area (Å²) in [5, 5.41) is 19.3. The number of carbonyl (C=O) groups excluding carboxylic acids is 1. The van der Waals surface area contributed by atoms with Gasteiger partial charge in [-0.25, -0.2) is 4.79 Å². The van der Waals surface area contributed by atoms with Crippen molar-refractivity contribution in [3.05, 3.63) is 40.0 Å². The Balaban J connectivity index is 2.32. The molecule has 0 fully saturated rings. The van der Waals surface area contributed by atoms with Gasteiger partial charge in [-0.3, -0.25) is 4.79 Å². The first-order valence-corrected chi connectivity index (χ1v) is 6.23. The van der Waals surface area contributed by atoms with E-state index < -0.39 is 11.9 Å². The van der Waals surface area contributed by atoms with Crippen LogP contribution in [0.5, 0.6) is 0 Å². The highest BCUT2D eigenvalue weighted by Crippen LogP contribution is 2.32. The van der Waals surface area contributed by atoms with E-state index in [2.05, 4.69) is 15.5 Å². The number of hydrogen-bond donors (Lipinski definition) is 2. The molecule has 0 aromatic carbocycles. The van der Waals surface area contributed by atoms with Gasteiger partial charge in [0.2, 0.25) is 0 Å². The van der Waals surface area contributed by atoms with Gasteiger partial charge in [-0.2, -0.15) is 10.2 Å².